The Kier molecular flexibility index (Phi) is 4.65. The molecule has 1 aromatic carbocycles. The topological polar surface area (TPSA) is 56.5 Å². The minimum Gasteiger partial charge on any atom is -0.465 e. The van der Waals surface area contributed by atoms with Gasteiger partial charge in [-0.2, -0.15) is 0 Å². The van der Waals surface area contributed by atoms with E-state index in [0.717, 1.165) is 16.7 Å². The Morgan fingerprint density at radius 2 is 2.00 bits per heavy atom. The molecule has 0 aliphatic heterocycles. The van der Waals surface area contributed by atoms with Gasteiger partial charge in [-0.05, 0) is 49.6 Å². The monoisotopic (exact) mass is 324 g/mol. The molecule has 0 spiro atoms. The van der Waals surface area contributed by atoms with E-state index in [1.807, 2.05) is 37.3 Å². The van der Waals surface area contributed by atoms with E-state index >= 15 is 0 Å². The van der Waals surface area contributed by atoms with Crippen molar-refractivity contribution in [3.63, 3.8) is 0 Å². The zero-order valence-electron chi connectivity index (χ0n) is 13.8. The molecule has 2 unspecified atom stereocenters. The lowest BCUT2D eigenvalue weighted by Crippen LogP contribution is -2.34. The van der Waals surface area contributed by atoms with E-state index in [2.05, 4.69) is 0 Å². The van der Waals surface area contributed by atoms with Crippen molar-refractivity contribution in [3.8, 4) is 0 Å². The van der Waals surface area contributed by atoms with Crippen molar-refractivity contribution in [1.82, 2.24) is 0 Å². The molecule has 0 radical (unpaired) electrons. The van der Waals surface area contributed by atoms with Crippen molar-refractivity contribution >= 4 is 17.3 Å². The summed E-state index contributed by atoms with van der Waals surface area (Å²) in [6.45, 7) is 4.01. The average molecular weight is 324 g/mol. The third kappa shape index (κ3) is 3.18. The molecule has 0 fully saturated rings. The number of ether oxygens (including phenoxy) is 1. The summed E-state index contributed by atoms with van der Waals surface area (Å²) in [4.78, 5) is 25.0. The highest BCUT2D eigenvalue weighted by Crippen LogP contribution is 2.40. The molecule has 0 N–H and O–H groups in total. The first kappa shape index (κ1) is 16.2. The number of benzene rings is 1. The third-order valence-corrected chi connectivity index (χ3v) is 4.35. The Morgan fingerprint density at radius 1 is 1.25 bits per heavy atom. The highest BCUT2D eigenvalue weighted by Gasteiger charge is 2.40. The highest BCUT2D eigenvalue weighted by molar-refractivity contribution is 6.10. The van der Waals surface area contributed by atoms with E-state index in [1.54, 1.807) is 19.3 Å². The molecule has 3 rings (SSSR count). The molecule has 1 heterocycles. The number of furan rings is 1. The second-order valence-electron chi connectivity index (χ2n) is 6.00. The van der Waals surface area contributed by atoms with Gasteiger partial charge in [0, 0.05) is 5.92 Å². The zero-order valence-corrected chi connectivity index (χ0v) is 13.8. The quantitative estimate of drug-likeness (QED) is 0.632. The summed E-state index contributed by atoms with van der Waals surface area (Å²) in [5.74, 6) is -1.06. The van der Waals surface area contributed by atoms with Crippen molar-refractivity contribution < 1.29 is 18.7 Å². The molecule has 0 bridgehead atoms. The highest BCUT2D eigenvalue weighted by atomic mass is 16.5. The second kappa shape index (κ2) is 6.87. The van der Waals surface area contributed by atoms with E-state index in [-0.39, 0.29) is 18.3 Å². The van der Waals surface area contributed by atoms with Crippen LogP contribution in [0.15, 0.2) is 53.2 Å². The van der Waals surface area contributed by atoms with E-state index in [4.69, 9.17) is 9.15 Å². The van der Waals surface area contributed by atoms with E-state index in [9.17, 15) is 9.59 Å². The molecule has 4 nitrogen and oxygen atoms in total. The molecule has 124 valence electrons. The lowest BCUT2D eigenvalue weighted by Gasteiger charge is -2.28. The fourth-order valence-electron chi connectivity index (χ4n) is 3.14. The second-order valence-corrected chi connectivity index (χ2v) is 6.00. The standard InChI is InChI=1S/C20H20O4/c1-3-23-20(22)19-16(14-8-6-13(2)7-9-14)11-15(12-17(19)21)18-5-4-10-24-18/h4-10,12,16,19H,3,11H2,1-2H3. The Balaban J connectivity index is 2.00. The van der Waals surface area contributed by atoms with Gasteiger partial charge in [0.25, 0.3) is 0 Å². The summed E-state index contributed by atoms with van der Waals surface area (Å²) in [7, 11) is 0. The van der Waals surface area contributed by atoms with Crippen LogP contribution in [0, 0.1) is 12.8 Å². The first-order valence-electron chi connectivity index (χ1n) is 8.11. The first-order valence-corrected chi connectivity index (χ1v) is 8.11. The van der Waals surface area contributed by atoms with Crippen LogP contribution in [0.2, 0.25) is 0 Å². The van der Waals surface area contributed by atoms with Crippen LogP contribution in [-0.4, -0.2) is 18.4 Å². The van der Waals surface area contributed by atoms with Crippen molar-refractivity contribution in [1.29, 1.82) is 0 Å². The predicted octanol–water partition coefficient (Wildman–Crippen LogP) is 3.91. The molecular weight excluding hydrogens is 304 g/mol. The van der Waals surface area contributed by atoms with Crippen molar-refractivity contribution in [2.45, 2.75) is 26.2 Å². The lowest BCUT2D eigenvalue weighted by atomic mass is 9.74. The summed E-state index contributed by atoms with van der Waals surface area (Å²) in [6, 6.07) is 11.6. The van der Waals surface area contributed by atoms with Crippen molar-refractivity contribution in [3.05, 3.63) is 65.6 Å². The SMILES string of the molecule is CCOC(=O)C1C(=O)C=C(c2ccco2)CC1c1ccc(C)cc1. The molecule has 2 atom stereocenters. The number of hydrogen-bond donors (Lipinski definition) is 0. The molecule has 2 aromatic rings. The van der Waals surface area contributed by atoms with Crippen LogP contribution in [-0.2, 0) is 14.3 Å². The summed E-state index contributed by atoms with van der Waals surface area (Å²) in [5.41, 5.74) is 2.91. The van der Waals surface area contributed by atoms with Crippen molar-refractivity contribution in [2.75, 3.05) is 6.61 Å². The van der Waals surface area contributed by atoms with Gasteiger partial charge in [-0.3, -0.25) is 9.59 Å². The van der Waals surface area contributed by atoms with E-state index < -0.39 is 11.9 Å². The fraction of sp³-hybridized carbons (Fsp3) is 0.300. The van der Waals surface area contributed by atoms with Crippen LogP contribution in [0.3, 0.4) is 0 Å². The third-order valence-electron chi connectivity index (χ3n) is 4.35. The van der Waals surface area contributed by atoms with Gasteiger partial charge in [0.05, 0.1) is 12.9 Å². The molecule has 0 amide bonds. The van der Waals surface area contributed by atoms with Crippen molar-refractivity contribution in [2.24, 2.45) is 5.92 Å². The number of allylic oxidation sites excluding steroid dienone is 2. The number of carbonyl (C=O) groups excluding carboxylic acids is 2. The smallest absolute Gasteiger partial charge is 0.317 e. The number of aryl methyl sites for hydroxylation is 1. The molecule has 1 aliphatic carbocycles. The normalized spacial score (nSPS) is 20.6. The molecule has 1 aliphatic rings. The Bertz CT molecular complexity index is 753. The maximum atomic E-state index is 12.6. The fourth-order valence-corrected chi connectivity index (χ4v) is 3.14. The summed E-state index contributed by atoms with van der Waals surface area (Å²) in [5, 5.41) is 0. The van der Waals surface area contributed by atoms with E-state index in [1.165, 1.54) is 6.08 Å². The number of hydrogen-bond acceptors (Lipinski definition) is 4. The molecule has 4 heteroatoms. The minimum absolute atomic E-state index is 0.225. The van der Waals surface area contributed by atoms with Crippen LogP contribution in [0.4, 0.5) is 0 Å². The summed E-state index contributed by atoms with van der Waals surface area (Å²) in [6.07, 6.45) is 3.66. The molecule has 24 heavy (non-hydrogen) atoms. The van der Waals surface area contributed by atoms with Crippen LogP contribution in [0.5, 0.6) is 0 Å². The van der Waals surface area contributed by atoms with E-state index in [0.29, 0.717) is 12.2 Å². The Morgan fingerprint density at radius 3 is 2.62 bits per heavy atom. The van der Waals surface area contributed by atoms with Gasteiger partial charge in [-0.1, -0.05) is 29.8 Å². The maximum absolute atomic E-state index is 12.6. The Hall–Kier alpha value is -2.62. The van der Waals surface area contributed by atoms with Gasteiger partial charge in [-0.25, -0.2) is 0 Å². The van der Waals surface area contributed by atoms with Crippen LogP contribution < -0.4 is 0 Å². The number of ketones is 1. The minimum atomic E-state index is -0.800. The molecular formula is C20H20O4. The van der Waals surface area contributed by atoms with Crippen LogP contribution >= 0.6 is 0 Å². The summed E-state index contributed by atoms with van der Waals surface area (Å²) < 4.78 is 10.6. The molecule has 1 aromatic heterocycles. The number of carbonyl (C=O) groups is 2. The first-order chi connectivity index (χ1) is 11.6. The Labute approximate surface area is 141 Å². The van der Waals surface area contributed by atoms with Crippen LogP contribution in [0.1, 0.15) is 36.1 Å². The zero-order chi connectivity index (χ0) is 17.1. The number of rotatable bonds is 4. The maximum Gasteiger partial charge on any atom is 0.317 e. The average Bonchev–Trinajstić information content (AvgIpc) is 3.09. The largest absolute Gasteiger partial charge is 0.465 e. The molecule has 0 saturated heterocycles. The number of esters is 1. The van der Waals surface area contributed by atoms with Gasteiger partial charge >= 0.3 is 5.97 Å². The molecule has 0 saturated carbocycles. The van der Waals surface area contributed by atoms with Gasteiger partial charge < -0.3 is 9.15 Å². The van der Waals surface area contributed by atoms with Gasteiger partial charge in [0.2, 0.25) is 0 Å². The summed E-state index contributed by atoms with van der Waals surface area (Å²) >= 11 is 0. The van der Waals surface area contributed by atoms with Gasteiger partial charge in [0.15, 0.2) is 5.78 Å². The lowest BCUT2D eigenvalue weighted by molar-refractivity contribution is -0.151. The van der Waals surface area contributed by atoms with Crippen LogP contribution in [0.25, 0.3) is 5.57 Å². The predicted molar refractivity (Wildman–Crippen MR) is 90.4 cm³/mol. The van der Waals surface area contributed by atoms with Gasteiger partial charge in [-0.15, -0.1) is 0 Å². The van der Waals surface area contributed by atoms with Gasteiger partial charge in [0.1, 0.15) is 11.7 Å².